The molecule has 0 amide bonds. The monoisotopic (exact) mass is 265 g/mol. The third-order valence-electron chi connectivity index (χ3n) is 3.46. The summed E-state index contributed by atoms with van der Waals surface area (Å²) in [5.74, 6) is 2.36. The predicted octanol–water partition coefficient (Wildman–Crippen LogP) is 2.03. The molecule has 3 heterocycles. The summed E-state index contributed by atoms with van der Waals surface area (Å²) in [5.41, 5.74) is 0.962. The van der Waals surface area contributed by atoms with E-state index in [1.807, 2.05) is 6.92 Å². The number of alkyl halides is 1. The summed E-state index contributed by atoms with van der Waals surface area (Å²) >= 11 is 6.09. The Balaban J connectivity index is 2.08. The zero-order valence-corrected chi connectivity index (χ0v) is 11.1. The molecule has 6 heteroatoms. The first kappa shape index (κ1) is 11.7. The van der Waals surface area contributed by atoms with Crippen molar-refractivity contribution < 1.29 is 0 Å². The molecule has 1 fully saturated rings. The summed E-state index contributed by atoms with van der Waals surface area (Å²) in [6.07, 6.45) is 5.13. The number of piperidine rings is 1. The molecule has 0 spiro atoms. The first-order valence-electron chi connectivity index (χ1n) is 6.29. The van der Waals surface area contributed by atoms with Crippen LogP contribution in [0.2, 0.25) is 0 Å². The highest BCUT2D eigenvalue weighted by Crippen LogP contribution is 2.25. The zero-order valence-electron chi connectivity index (χ0n) is 10.4. The fourth-order valence-electron chi connectivity index (χ4n) is 2.58. The second-order valence-electron chi connectivity index (χ2n) is 4.72. The van der Waals surface area contributed by atoms with Gasteiger partial charge in [-0.05, 0) is 26.2 Å². The number of anilines is 1. The fourth-order valence-corrected chi connectivity index (χ4v) is 2.90. The van der Waals surface area contributed by atoms with Crippen LogP contribution in [0.3, 0.4) is 0 Å². The number of fused-ring (bicyclic) bond motifs is 1. The molecular weight excluding hydrogens is 250 g/mol. The Hall–Kier alpha value is -1.36. The summed E-state index contributed by atoms with van der Waals surface area (Å²) in [7, 11) is 0. The van der Waals surface area contributed by atoms with Crippen molar-refractivity contribution in [2.45, 2.75) is 32.2 Å². The van der Waals surface area contributed by atoms with Crippen LogP contribution in [0.5, 0.6) is 0 Å². The lowest BCUT2D eigenvalue weighted by Gasteiger charge is -2.36. The van der Waals surface area contributed by atoms with Gasteiger partial charge in [-0.1, -0.05) is 0 Å². The van der Waals surface area contributed by atoms with Crippen LogP contribution in [-0.2, 0) is 0 Å². The van der Waals surface area contributed by atoms with Gasteiger partial charge in [0, 0.05) is 30.2 Å². The van der Waals surface area contributed by atoms with Crippen molar-refractivity contribution in [1.82, 2.24) is 19.6 Å². The van der Waals surface area contributed by atoms with Crippen LogP contribution in [0.4, 0.5) is 5.82 Å². The smallest absolute Gasteiger partial charge is 0.254 e. The van der Waals surface area contributed by atoms with Crippen LogP contribution in [-0.4, -0.2) is 38.0 Å². The van der Waals surface area contributed by atoms with Gasteiger partial charge in [0.25, 0.3) is 5.78 Å². The number of aromatic nitrogens is 4. The molecule has 1 aliphatic rings. The maximum absolute atomic E-state index is 6.09. The zero-order chi connectivity index (χ0) is 12.5. The van der Waals surface area contributed by atoms with Gasteiger partial charge in [-0.15, -0.1) is 11.6 Å². The third kappa shape index (κ3) is 1.92. The number of hydrogen-bond donors (Lipinski definition) is 0. The van der Waals surface area contributed by atoms with E-state index < -0.39 is 0 Å². The molecule has 96 valence electrons. The average molecular weight is 266 g/mol. The molecule has 1 unspecified atom stereocenters. The fraction of sp³-hybridized carbons (Fsp3) is 0.583. The van der Waals surface area contributed by atoms with E-state index >= 15 is 0 Å². The van der Waals surface area contributed by atoms with Gasteiger partial charge in [0.15, 0.2) is 0 Å². The van der Waals surface area contributed by atoms with E-state index in [0.29, 0.717) is 17.7 Å². The summed E-state index contributed by atoms with van der Waals surface area (Å²) in [6, 6.07) is 2.45. The van der Waals surface area contributed by atoms with E-state index in [4.69, 9.17) is 11.6 Å². The molecule has 5 nitrogen and oxygen atoms in total. The molecule has 3 rings (SSSR count). The Labute approximate surface area is 111 Å². The molecule has 1 saturated heterocycles. The Kier molecular flexibility index (Phi) is 3.07. The normalized spacial score (nSPS) is 20.6. The van der Waals surface area contributed by atoms with Crippen molar-refractivity contribution in [2.24, 2.45) is 0 Å². The SMILES string of the molecule is Cc1cc(N2CCCCC2CCl)n2ncnc2n1. The van der Waals surface area contributed by atoms with Crippen molar-refractivity contribution in [2.75, 3.05) is 17.3 Å². The first-order valence-corrected chi connectivity index (χ1v) is 6.83. The van der Waals surface area contributed by atoms with E-state index in [0.717, 1.165) is 24.5 Å². The molecule has 0 aliphatic carbocycles. The minimum absolute atomic E-state index is 0.384. The van der Waals surface area contributed by atoms with Crippen LogP contribution in [0, 0.1) is 6.92 Å². The summed E-state index contributed by atoms with van der Waals surface area (Å²) in [6.45, 7) is 3.01. The van der Waals surface area contributed by atoms with Gasteiger partial charge >= 0.3 is 0 Å². The molecule has 1 atom stereocenters. The van der Waals surface area contributed by atoms with Crippen LogP contribution >= 0.6 is 11.6 Å². The summed E-state index contributed by atoms with van der Waals surface area (Å²) in [5, 5.41) is 4.26. The summed E-state index contributed by atoms with van der Waals surface area (Å²) in [4.78, 5) is 10.9. The van der Waals surface area contributed by atoms with E-state index in [-0.39, 0.29) is 0 Å². The minimum atomic E-state index is 0.384. The molecule has 0 radical (unpaired) electrons. The van der Waals surface area contributed by atoms with Gasteiger partial charge in [-0.25, -0.2) is 4.98 Å². The van der Waals surface area contributed by atoms with Crippen molar-refractivity contribution in [3.8, 4) is 0 Å². The molecule has 2 aromatic rings. The van der Waals surface area contributed by atoms with Gasteiger partial charge < -0.3 is 4.90 Å². The number of halogens is 1. The lowest BCUT2D eigenvalue weighted by molar-refractivity contribution is 0.481. The second-order valence-corrected chi connectivity index (χ2v) is 5.03. The van der Waals surface area contributed by atoms with Crippen molar-refractivity contribution in [1.29, 1.82) is 0 Å². The standard InChI is InChI=1S/C12H16ClN5/c1-9-6-11(18-12(16-9)14-8-15-18)17-5-3-2-4-10(17)7-13/h6,8,10H,2-5,7H2,1H3. The first-order chi connectivity index (χ1) is 8.79. The van der Waals surface area contributed by atoms with Gasteiger partial charge in [0.1, 0.15) is 12.1 Å². The Morgan fingerprint density at radius 1 is 1.44 bits per heavy atom. The van der Waals surface area contributed by atoms with Gasteiger partial charge in [0.2, 0.25) is 0 Å². The van der Waals surface area contributed by atoms with E-state index in [1.54, 1.807) is 10.8 Å². The van der Waals surface area contributed by atoms with Crippen molar-refractivity contribution in [3.05, 3.63) is 18.1 Å². The second kappa shape index (κ2) is 4.72. The highest BCUT2D eigenvalue weighted by Gasteiger charge is 2.24. The molecule has 0 bridgehead atoms. The Bertz CT molecular complexity index is 552. The third-order valence-corrected chi connectivity index (χ3v) is 3.82. The molecule has 0 saturated carbocycles. The van der Waals surface area contributed by atoms with Crippen LogP contribution in [0.25, 0.3) is 5.78 Å². The Morgan fingerprint density at radius 3 is 3.17 bits per heavy atom. The van der Waals surface area contributed by atoms with Gasteiger partial charge in [0.05, 0.1) is 0 Å². The quantitative estimate of drug-likeness (QED) is 0.780. The molecule has 0 aromatic carbocycles. The van der Waals surface area contributed by atoms with E-state index in [1.165, 1.54) is 12.8 Å². The van der Waals surface area contributed by atoms with E-state index in [2.05, 4.69) is 26.0 Å². The van der Waals surface area contributed by atoms with Crippen molar-refractivity contribution >= 4 is 23.2 Å². The van der Waals surface area contributed by atoms with Gasteiger partial charge in [-0.3, -0.25) is 0 Å². The largest absolute Gasteiger partial charge is 0.352 e. The molecule has 2 aromatic heterocycles. The number of nitrogens with zero attached hydrogens (tertiary/aromatic N) is 5. The van der Waals surface area contributed by atoms with Crippen LogP contribution in [0.15, 0.2) is 12.4 Å². The predicted molar refractivity (Wildman–Crippen MR) is 71.2 cm³/mol. The topological polar surface area (TPSA) is 46.3 Å². The molecular formula is C12H16ClN5. The number of rotatable bonds is 2. The van der Waals surface area contributed by atoms with E-state index in [9.17, 15) is 0 Å². The Morgan fingerprint density at radius 2 is 2.33 bits per heavy atom. The van der Waals surface area contributed by atoms with Crippen LogP contribution in [0.1, 0.15) is 25.0 Å². The number of hydrogen-bond acceptors (Lipinski definition) is 4. The molecule has 18 heavy (non-hydrogen) atoms. The highest BCUT2D eigenvalue weighted by atomic mass is 35.5. The number of aryl methyl sites for hydroxylation is 1. The maximum Gasteiger partial charge on any atom is 0.254 e. The molecule has 0 N–H and O–H groups in total. The molecule has 1 aliphatic heterocycles. The highest BCUT2D eigenvalue weighted by molar-refractivity contribution is 6.18. The average Bonchev–Trinajstić information content (AvgIpc) is 2.85. The van der Waals surface area contributed by atoms with Crippen molar-refractivity contribution in [3.63, 3.8) is 0 Å². The van der Waals surface area contributed by atoms with Crippen LogP contribution < -0.4 is 4.90 Å². The lowest BCUT2D eigenvalue weighted by Crippen LogP contribution is -2.42. The summed E-state index contributed by atoms with van der Waals surface area (Å²) < 4.78 is 1.80. The maximum atomic E-state index is 6.09. The lowest BCUT2D eigenvalue weighted by atomic mass is 10.0. The minimum Gasteiger partial charge on any atom is -0.352 e. The van der Waals surface area contributed by atoms with Gasteiger partial charge in [-0.2, -0.15) is 14.6 Å².